The summed E-state index contributed by atoms with van der Waals surface area (Å²) in [4.78, 5) is 22.3. The van der Waals surface area contributed by atoms with Gasteiger partial charge in [0.05, 0.1) is 12.1 Å². The largest absolute Gasteiger partial charge is 0.345 e. The summed E-state index contributed by atoms with van der Waals surface area (Å²) >= 11 is 0. The Hall–Kier alpha value is -0.900. The third-order valence-electron chi connectivity index (χ3n) is 2.24. The Balaban J connectivity index is 4.18. The van der Waals surface area contributed by atoms with Crippen molar-refractivity contribution >= 4 is 12.2 Å². The van der Waals surface area contributed by atoms with E-state index in [0.29, 0.717) is 12.3 Å². The Bertz CT molecular complexity index is 215. The highest BCUT2D eigenvalue weighted by atomic mass is 16.2. The molecule has 0 aromatic heterocycles. The summed E-state index contributed by atoms with van der Waals surface area (Å²) in [5.74, 6) is 0.204. The van der Waals surface area contributed by atoms with Crippen LogP contribution in [0.3, 0.4) is 0 Å². The number of hydrogen-bond acceptors (Lipinski definition) is 3. The Kier molecular flexibility index (Phi) is 6.17. The molecule has 1 amide bonds. The van der Waals surface area contributed by atoms with Crippen molar-refractivity contribution in [2.45, 2.75) is 46.2 Å². The second-order valence-electron chi connectivity index (χ2n) is 4.65. The molecule has 0 saturated heterocycles. The Labute approximate surface area is 91.6 Å². The second kappa shape index (κ2) is 6.56. The maximum absolute atomic E-state index is 11.5. The van der Waals surface area contributed by atoms with Gasteiger partial charge >= 0.3 is 0 Å². The van der Waals surface area contributed by atoms with Crippen LogP contribution in [0.15, 0.2) is 0 Å². The summed E-state index contributed by atoms with van der Waals surface area (Å²) in [6.45, 7) is 7.77. The molecule has 0 unspecified atom stereocenters. The average Bonchev–Trinajstić information content (AvgIpc) is 2.14. The molecule has 0 aliphatic heterocycles. The van der Waals surface area contributed by atoms with E-state index in [4.69, 9.17) is 5.73 Å². The number of aldehydes is 1. The van der Waals surface area contributed by atoms with Crippen LogP contribution in [0.1, 0.15) is 34.1 Å². The van der Waals surface area contributed by atoms with Gasteiger partial charge in [-0.3, -0.25) is 4.79 Å². The van der Waals surface area contributed by atoms with E-state index < -0.39 is 12.1 Å². The first-order valence-electron chi connectivity index (χ1n) is 5.39. The summed E-state index contributed by atoms with van der Waals surface area (Å²) in [6, 6.07) is -0.957. The van der Waals surface area contributed by atoms with Crippen molar-refractivity contribution in [2.24, 2.45) is 17.6 Å². The van der Waals surface area contributed by atoms with E-state index in [9.17, 15) is 9.59 Å². The minimum Gasteiger partial charge on any atom is -0.345 e. The molecule has 0 spiro atoms. The quantitative estimate of drug-likeness (QED) is 0.639. The number of nitrogens with one attached hydrogen (secondary N) is 1. The van der Waals surface area contributed by atoms with Gasteiger partial charge in [0.25, 0.3) is 0 Å². The van der Waals surface area contributed by atoms with Crippen molar-refractivity contribution < 1.29 is 9.59 Å². The number of nitrogens with two attached hydrogens (primary N) is 1. The van der Waals surface area contributed by atoms with Gasteiger partial charge < -0.3 is 15.8 Å². The van der Waals surface area contributed by atoms with Gasteiger partial charge in [-0.25, -0.2) is 0 Å². The maximum atomic E-state index is 11.5. The molecule has 0 radical (unpaired) electrons. The van der Waals surface area contributed by atoms with Crippen LogP contribution in [0.4, 0.5) is 0 Å². The molecule has 0 aliphatic carbocycles. The van der Waals surface area contributed by atoms with Crippen LogP contribution in [0.5, 0.6) is 0 Å². The predicted octanol–water partition coefficient (Wildman–Crippen LogP) is 0.700. The van der Waals surface area contributed by atoms with Crippen LogP contribution >= 0.6 is 0 Å². The Morgan fingerprint density at radius 3 is 2.20 bits per heavy atom. The van der Waals surface area contributed by atoms with Gasteiger partial charge in [-0.2, -0.15) is 0 Å². The van der Waals surface area contributed by atoms with E-state index in [-0.39, 0.29) is 11.8 Å². The van der Waals surface area contributed by atoms with Gasteiger partial charge in [0, 0.05) is 0 Å². The zero-order valence-electron chi connectivity index (χ0n) is 9.99. The molecule has 0 bridgehead atoms. The smallest absolute Gasteiger partial charge is 0.237 e. The van der Waals surface area contributed by atoms with Crippen LogP contribution in [-0.4, -0.2) is 24.3 Å². The van der Waals surface area contributed by atoms with Gasteiger partial charge in [-0.05, 0) is 18.3 Å². The molecule has 0 saturated carbocycles. The summed E-state index contributed by atoms with van der Waals surface area (Å²) in [6.07, 6.45) is 1.42. The van der Waals surface area contributed by atoms with Crippen LogP contribution in [-0.2, 0) is 9.59 Å². The first kappa shape index (κ1) is 14.1. The van der Waals surface area contributed by atoms with Gasteiger partial charge in [-0.1, -0.05) is 27.7 Å². The molecule has 0 aliphatic rings. The molecule has 0 heterocycles. The second-order valence-corrected chi connectivity index (χ2v) is 4.65. The fourth-order valence-corrected chi connectivity index (χ4v) is 1.24. The topological polar surface area (TPSA) is 72.2 Å². The fourth-order valence-electron chi connectivity index (χ4n) is 1.24. The van der Waals surface area contributed by atoms with Crippen LogP contribution in [0.25, 0.3) is 0 Å². The van der Waals surface area contributed by atoms with Crippen LogP contribution < -0.4 is 11.1 Å². The molecule has 0 aromatic carbocycles. The SMILES string of the molecule is CC(C)C[C@@H](C=O)NC(=O)[C@@H](N)C(C)C. The van der Waals surface area contributed by atoms with Crippen molar-refractivity contribution in [2.75, 3.05) is 0 Å². The molecule has 0 fully saturated rings. The van der Waals surface area contributed by atoms with Crippen LogP contribution in [0, 0.1) is 11.8 Å². The van der Waals surface area contributed by atoms with Gasteiger partial charge in [0.1, 0.15) is 6.29 Å². The Morgan fingerprint density at radius 1 is 1.33 bits per heavy atom. The molecular formula is C11H22N2O2. The third-order valence-corrected chi connectivity index (χ3v) is 2.24. The first-order valence-corrected chi connectivity index (χ1v) is 5.39. The molecule has 2 atom stereocenters. The highest BCUT2D eigenvalue weighted by Crippen LogP contribution is 2.04. The van der Waals surface area contributed by atoms with E-state index in [1.807, 2.05) is 27.7 Å². The number of amides is 1. The number of carbonyl (C=O) groups is 2. The standard InChI is InChI=1S/C11H22N2O2/c1-7(2)5-9(6-14)13-11(15)10(12)8(3)4/h6-10H,5,12H2,1-4H3,(H,13,15)/t9-,10-/m0/s1. The molecule has 4 nitrogen and oxygen atoms in total. The normalized spacial score (nSPS) is 15.1. The third kappa shape index (κ3) is 5.52. The van der Waals surface area contributed by atoms with Crippen LogP contribution in [0.2, 0.25) is 0 Å². The molecular weight excluding hydrogens is 192 g/mol. The molecule has 0 rings (SSSR count). The first-order chi connectivity index (χ1) is 6.88. The molecule has 3 N–H and O–H groups in total. The minimum atomic E-state index is -0.542. The minimum absolute atomic E-state index is 0.0800. The van der Waals surface area contributed by atoms with E-state index >= 15 is 0 Å². The maximum Gasteiger partial charge on any atom is 0.237 e. The average molecular weight is 214 g/mol. The molecule has 4 heteroatoms. The summed E-state index contributed by atoms with van der Waals surface area (Å²) in [7, 11) is 0. The van der Waals surface area contributed by atoms with E-state index in [2.05, 4.69) is 5.32 Å². The highest BCUT2D eigenvalue weighted by Gasteiger charge is 2.20. The molecule has 0 aromatic rings. The zero-order valence-corrected chi connectivity index (χ0v) is 9.99. The van der Waals surface area contributed by atoms with Crippen molar-refractivity contribution in [1.82, 2.24) is 5.32 Å². The van der Waals surface area contributed by atoms with Crippen molar-refractivity contribution in [3.05, 3.63) is 0 Å². The van der Waals surface area contributed by atoms with Gasteiger partial charge in [0.15, 0.2) is 0 Å². The van der Waals surface area contributed by atoms with E-state index in [1.165, 1.54) is 0 Å². The summed E-state index contributed by atoms with van der Waals surface area (Å²) in [5.41, 5.74) is 5.67. The zero-order chi connectivity index (χ0) is 12.0. The molecule has 88 valence electrons. The van der Waals surface area contributed by atoms with Crippen molar-refractivity contribution in [3.63, 3.8) is 0 Å². The van der Waals surface area contributed by atoms with Crippen molar-refractivity contribution in [1.29, 1.82) is 0 Å². The van der Waals surface area contributed by atoms with Crippen molar-refractivity contribution in [3.8, 4) is 0 Å². The lowest BCUT2D eigenvalue weighted by atomic mass is 10.0. The Morgan fingerprint density at radius 2 is 1.87 bits per heavy atom. The lowest BCUT2D eigenvalue weighted by molar-refractivity contribution is -0.126. The summed E-state index contributed by atoms with van der Waals surface area (Å²) < 4.78 is 0. The molecule has 15 heavy (non-hydrogen) atoms. The number of hydrogen-bond donors (Lipinski definition) is 2. The highest BCUT2D eigenvalue weighted by molar-refractivity contribution is 5.84. The monoisotopic (exact) mass is 214 g/mol. The summed E-state index contributed by atoms with van der Waals surface area (Å²) in [5, 5.41) is 2.65. The van der Waals surface area contributed by atoms with E-state index in [1.54, 1.807) is 0 Å². The predicted molar refractivity (Wildman–Crippen MR) is 60.3 cm³/mol. The van der Waals surface area contributed by atoms with E-state index in [0.717, 1.165) is 6.29 Å². The number of rotatable bonds is 6. The fraction of sp³-hybridized carbons (Fsp3) is 0.818. The number of carbonyl (C=O) groups excluding carboxylic acids is 2. The van der Waals surface area contributed by atoms with Gasteiger partial charge in [0.2, 0.25) is 5.91 Å². The van der Waals surface area contributed by atoms with Gasteiger partial charge in [-0.15, -0.1) is 0 Å². The lowest BCUT2D eigenvalue weighted by Gasteiger charge is -2.19. The lowest BCUT2D eigenvalue weighted by Crippen LogP contribution is -2.48.